The zero-order chi connectivity index (χ0) is 21.7. The Hall–Kier alpha value is -3.39. The summed E-state index contributed by atoms with van der Waals surface area (Å²) in [6.45, 7) is 1.77. The van der Waals surface area contributed by atoms with Crippen LogP contribution in [0.2, 0.25) is 0 Å². The van der Waals surface area contributed by atoms with Crippen LogP contribution in [0.5, 0.6) is 0 Å². The fourth-order valence-electron chi connectivity index (χ4n) is 3.61. The Morgan fingerprint density at radius 3 is 2.63 bits per heavy atom. The predicted octanol–water partition coefficient (Wildman–Crippen LogP) is 1.98. The SMILES string of the molecule is CCOC(=O)C(C=O)C1(c2ccc(F)cc2)CN(c2ccccc2CN)C(=O)C=N1. The number of ether oxygens (including phenoxy) is 1. The van der Waals surface area contributed by atoms with Crippen molar-refractivity contribution in [1.82, 2.24) is 0 Å². The van der Waals surface area contributed by atoms with Crippen molar-refractivity contribution >= 4 is 30.1 Å². The van der Waals surface area contributed by atoms with Gasteiger partial charge in [-0.2, -0.15) is 0 Å². The van der Waals surface area contributed by atoms with Gasteiger partial charge in [0.1, 0.15) is 23.6 Å². The summed E-state index contributed by atoms with van der Waals surface area (Å²) >= 11 is 0. The van der Waals surface area contributed by atoms with E-state index in [1.807, 2.05) is 0 Å². The molecule has 0 aliphatic carbocycles. The smallest absolute Gasteiger partial charge is 0.319 e. The molecule has 8 heteroatoms. The number of anilines is 1. The van der Waals surface area contributed by atoms with E-state index in [1.54, 1.807) is 31.2 Å². The van der Waals surface area contributed by atoms with E-state index in [1.165, 1.54) is 29.2 Å². The number of hydrogen-bond donors (Lipinski definition) is 1. The van der Waals surface area contributed by atoms with Crippen LogP contribution in [0.15, 0.2) is 53.5 Å². The molecule has 0 radical (unpaired) electrons. The van der Waals surface area contributed by atoms with Gasteiger partial charge in [0.2, 0.25) is 0 Å². The molecule has 2 N–H and O–H groups in total. The molecule has 0 fully saturated rings. The highest BCUT2D eigenvalue weighted by molar-refractivity contribution is 6.33. The maximum absolute atomic E-state index is 13.6. The molecule has 30 heavy (non-hydrogen) atoms. The number of amides is 1. The van der Waals surface area contributed by atoms with Crippen LogP contribution in [0.4, 0.5) is 10.1 Å². The predicted molar refractivity (Wildman–Crippen MR) is 109 cm³/mol. The first-order valence-electron chi connectivity index (χ1n) is 9.49. The minimum atomic E-state index is -1.47. The first-order valence-corrected chi connectivity index (χ1v) is 9.49. The number of nitrogens with two attached hydrogens (primary N) is 1. The molecule has 2 atom stereocenters. The summed E-state index contributed by atoms with van der Waals surface area (Å²) in [5.74, 6) is -2.99. The molecule has 0 spiro atoms. The average Bonchev–Trinajstić information content (AvgIpc) is 2.76. The molecule has 3 rings (SSSR count). The minimum Gasteiger partial charge on any atom is -0.465 e. The van der Waals surface area contributed by atoms with E-state index < -0.39 is 29.2 Å². The van der Waals surface area contributed by atoms with E-state index in [0.29, 0.717) is 23.1 Å². The number of nitrogens with zero attached hydrogens (tertiary/aromatic N) is 2. The minimum absolute atomic E-state index is 0.0744. The Morgan fingerprint density at radius 1 is 1.30 bits per heavy atom. The van der Waals surface area contributed by atoms with Gasteiger partial charge in [-0.3, -0.25) is 14.6 Å². The zero-order valence-corrected chi connectivity index (χ0v) is 16.5. The third kappa shape index (κ3) is 3.86. The van der Waals surface area contributed by atoms with Gasteiger partial charge in [0.05, 0.1) is 19.4 Å². The van der Waals surface area contributed by atoms with Gasteiger partial charge in [-0.15, -0.1) is 0 Å². The lowest BCUT2D eigenvalue weighted by Gasteiger charge is -2.41. The first kappa shape index (κ1) is 21.3. The van der Waals surface area contributed by atoms with Gasteiger partial charge < -0.3 is 20.2 Å². The first-order chi connectivity index (χ1) is 14.5. The number of aldehydes is 1. The van der Waals surface area contributed by atoms with E-state index in [9.17, 15) is 18.8 Å². The van der Waals surface area contributed by atoms with Crippen molar-refractivity contribution in [2.45, 2.75) is 19.0 Å². The van der Waals surface area contributed by atoms with Crippen molar-refractivity contribution in [1.29, 1.82) is 0 Å². The quantitative estimate of drug-likeness (QED) is 0.426. The summed E-state index contributed by atoms with van der Waals surface area (Å²) in [5.41, 5.74) is 6.03. The van der Waals surface area contributed by atoms with Crippen LogP contribution in [0.3, 0.4) is 0 Å². The number of rotatable bonds is 7. The number of esters is 1. The second-order valence-corrected chi connectivity index (χ2v) is 6.81. The molecule has 2 aromatic rings. The normalized spacial score (nSPS) is 19.4. The molecule has 1 heterocycles. The number of carbonyl (C=O) groups excluding carboxylic acids is 3. The highest BCUT2D eigenvalue weighted by Gasteiger charge is 2.49. The van der Waals surface area contributed by atoms with Crippen molar-refractivity contribution in [2.75, 3.05) is 18.1 Å². The van der Waals surface area contributed by atoms with Crippen LogP contribution in [-0.2, 0) is 31.2 Å². The monoisotopic (exact) mass is 411 g/mol. The van der Waals surface area contributed by atoms with Gasteiger partial charge in [-0.25, -0.2) is 4.39 Å². The van der Waals surface area contributed by atoms with Crippen LogP contribution in [-0.4, -0.2) is 37.5 Å². The second kappa shape index (κ2) is 8.96. The zero-order valence-electron chi connectivity index (χ0n) is 16.5. The number of aliphatic imine (C=N–C) groups is 1. The fraction of sp³-hybridized carbons (Fsp3) is 0.273. The highest BCUT2D eigenvalue weighted by atomic mass is 19.1. The topological polar surface area (TPSA) is 102 Å². The summed E-state index contributed by atoms with van der Waals surface area (Å²) < 4.78 is 18.7. The number of halogens is 1. The third-order valence-electron chi connectivity index (χ3n) is 5.11. The van der Waals surface area contributed by atoms with Gasteiger partial charge in [0, 0.05) is 12.2 Å². The maximum Gasteiger partial charge on any atom is 0.319 e. The average molecular weight is 411 g/mol. The Bertz CT molecular complexity index is 977. The van der Waals surface area contributed by atoms with Crippen molar-refractivity contribution in [3.63, 3.8) is 0 Å². The summed E-state index contributed by atoms with van der Waals surface area (Å²) in [5, 5.41) is 0. The van der Waals surface area contributed by atoms with Crippen molar-refractivity contribution in [3.05, 3.63) is 65.5 Å². The Morgan fingerprint density at radius 2 is 2.00 bits per heavy atom. The molecule has 2 aromatic carbocycles. The van der Waals surface area contributed by atoms with Crippen molar-refractivity contribution in [3.8, 4) is 0 Å². The van der Waals surface area contributed by atoms with Crippen LogP contribution in [0.25, 0.3) is 0 Å². The molecular formula is C22H22FN3O4. The highest BCUT2D eigenvalue weighted by Crippen LogP contribution is 2.39. The van der Waals surface area contributed by atoms with Crippen molar-refractivity contribution < 1.29 is 23.5 Å². The Labute approximate surface area is 173 Å². The lowest BCUT2D eigenvalue weighted by atomic mass is 9.77. The van der Waals surface area contributed by atoms with Crippen molar-refractivity contribution in [2.24, 2.45) is 16.6 Å². The molecule has 0 saturated heterocycles. The van der Waals surface area contributed by atoms with Crippen LogP contribution in [0, 0.1) is 11.7 Å². The molecule has 1 amide bonds. The Kier molecular flexibility index (Phi) is 6.37. The van der Waals surface area contributed by atoms with Gasteiger partial charge in [0.25, 0.3) is 5.91 Å². The van der Waals surface area contributed by atoms with E-state index in [4.69, 9.17) is 10.5 Å². The molecular weight excluding hydrogens is 389 g/mol. The molecule has 1 aliphatic heterocycles. The molecule has 1 aliphatic rings. The number of benzene rings is 2. The van der Waals surface area contributed by atoms with Crippen LogP contribution in [0.1, 0.15) is 18.1 Å². The summed E-state index contributed by atoms with van der Waals surface area (Å²) in [6.07, 6.45) is 1.54. The molecule has 7 nitrogen and oxygen atoms in total. The van der Waals surface area contributed by atoms with Crippen LogP contribution < -0.4 is 10.6 Å². The summed E-state index contributed by atoms with van der Waals surface area (Å²) in [7, 11) is 0. The molecule has 2 unspecified atom stereocenters. The fourth-order valence-corrected chi connectivity index (χ4v) is 3.61. The lowest BCUT2D eigenvalue weighted by Crippen LogP contribution is -2.54. The van der Waals surface area contributed by atoms with E-state index in [0.717, 1.165) is 6.21 Å². The van der Waals surface area contributed by atoms with Crippen LogP contribution >= 0.6 is 0 Å². The largest absolute Gasteiger partial charge is 0.465 e. The van der Waals surface area contributed by atoms with E-state index >= 15 is 0 Å². The van der Waals surface area contributed by atoms with Gasteiger partial charge >= 0.3 is 5.97 Å². The number of hydrogen-bond acceptors (Lipinski definition) is 6. The maximum atomic E-state index is 13.6. The summed E-state index contributed by atoms with van der Waals surface area (Å²) in [6, 6.07) is 12.4. The molecule has 0 saturated carbocycles. The third-order valence-corrected chi connectivity index (χ3v) is 5.11. The van der Waals surface area contributed by atoms with E-state index in [-0.39, 0.29) is 19.7 Å². The number of para-hydroxylation sites is 1. The second-order valence-electron chi connectivity index (χ2n) is 6.81. The Balaban J connectivity index is 2.17. The standard InChI is InChI=1S/C22H22FN3O4/c1-2-30-21(29)18(13-27)22(16-7-9-17(23)10-8-16)14-26(20(28)12-25-22)19-6-4-3-5-15(19)11-24/h3-10,12-13,18H,2,11,14,24H2,1H3. The molecule has 0 bridgehead atoms. The molecule has 156 valence electrons. The lowest BCUT2D eigenvalue weighted by molar-refractivity contribution is -0.152. The van der Waals surface area contributed by atoms with Gasteiger partial charge in [0.15, 0.2) is 0 Å². The van der Waals surface area contributed by atoms with E-state index in [2.05, 4.69) is 4.99 Å². The van der Waals surface area contributed by atoms with Gasteiger partial charge in [-0.1, -0.05) is 30.3 Å². The number of carbonyl (C=O) groups is 3. The molecule has 0 aromatic heterocycles. The summed E-state index contributed by atoms with van der Waals surface area (Å²) in [4.78, 5) is 43.2. The van der Waals surface area contributed by atoms with Gasteiger partial charge in [-0.05, 0) is 36.2 Å².